The molecule has 1 fully saturated rings. The molecular weight excluding hydrogens is 300 g/mol. The Morgan fingerprint density at radius 1 is 1.33 bits per heavy atom. The summed E-state index contributed by atoms with van der Waals surface area (Å²) >= 11 is 0. The van der Waals surface area contributed by atoms with Crippen molar-refractivity contribution in [2.24, 2.45) is 11.7 Å². The first kappa shape index (κ1) is 16.7. The van der Waals surface area contributed by atoms with Gasteiger partial charge in [-0.2, -0.15) is 5.10 Å². The summed E-state index contributed by atoms with van der Waals surface area (Å²) in [5.74, 6) is 0.470. The molecule has 24 heavy (non-hydrogen) atoms. The number of hydrogen-bond donors (Lipinski definition) is 2. The van der Waals surface area contributed by atoms with Gasteiger partial charge in [0.15, 0.2) is 0 Å². The van der Waals surface area contributed by atoms with Crippen LogP contribution in [-0.2, 0) is 5.41 Å². The number of carbonyl (C=O) groups excluding carboxylic acids is 1. The van der Waals surface area contributed by atoms with Crippen LogP contribution in [0.15, 0.2) is 36.5 Å². The SMILES string of the molecule is CC(C)(C)c1nn(-c2ccccc2)cc1C(=O)NCC(N)C1CC1. The maximum atomic E-state index is 12.7. The summed E-state index contributed by atoms with van der Waals surface area (Å²) in [5, 5.41) is 7.65. The van der Waals surface area contributed by atoms with E-state index in [4.69, 9.17) is 5.73 Å². The van der Waals surface area contributed by atoms with Crippen LogP contribution in [0.3, 0.4) is 0 Å². The lowest BCUT2D eigenvalue weighted by atomic mass is 9.89. The van der Waals surface area contributed by atoms with E-state index < -0.39 is 0 Å². The van der Waals surface area contributed by atoms with Crippen LogP contribution in [0.2, 0.25) is 0 Å². The molecule has 5 nitrogen and oxygen atoms in total. The second kappa shape index (κ2) is 6.40. The average molecular weight is 326 g/mol. The highest BCUT2D eigenvalue weighted by Crippen LogP contribution is 2.31. The van der Waals surface area contributed by atoms with Gasteiger partial charge in [-0.05, 0) is 30.9 Å². The third kappa shape index (κ3) is 3.67. The molecule has 1 saturated carbocycles. The van der Waals surface area contributed by atoms with Crippen LogP contribution in [0.4, 0.5) is 0 Å². The number of hydrogen-bond acceptors (Lipinski definition) is 3. The molecular formula is C19H26N4O. The second-order valence-electron chi connectivity index (χ2n) is 7.63. The highest BCUT2D eigenvalue weighted by atomic mass is 16.1. The summed E-state index contributed by atoms with van der Waals surface area (Å²) in [6.07, 6.45) is 4.17. The third-order valence-corrected chi connectivity index (χ3v) is 4.42. The number of nitrogens with zero attached hydrogens (tertiary/aromatic N) is 2. The Kier molecular flexibility index (Phi) is 4.45. The summed E-state index contributed by atoms with van der Waals surface area (Å²) in [6, 6.07) is 9.89. The van der Waals surface area contributed by atoms with Gasteiger partial charge in [0.25, 0.3) is 5.91 Å². The van der Waals surface area contributed by atoms with Crippen molar-refractivity contribution in [3.05, 3.63) is 47.8 Å². The van der Waals surface area contributed by atoms with Crippen molar-refractivity contribution >= 4 is 5.91 Å². The number of benzene rings is 1. The van der Waals surface area contributed by atoms with E-state index in [1.54, 1.807) is 4.68 Å². The first-order valence-corrected chi connectivity index (χ1v) is 8.55. The summed E-state index contributed by atoms with van der Waals surface area (Å²) in [6.45, 7) is 6.72. The van der Waals surface area contributed by atoms with E-state index in [1.165, 1.54) is 12.8 Å². The predicted molar refractivity (Wildman–Crippen MR) is 95.3 cm³/mol. The van der Waals surface area contributed by atoms with Crippen molar-refractivity contribution in [3.63, 3.8) is 0 Å². The fraction of sp³-hybridized carbons (Fsp3) is 0.474. The summed E-state index contributed by atoms with van der Waals surface area (Å²) in [7, 11) is 0. The Morgan fingerprint density at radius 2 is 2.00 bits per heavy atom. The van der Waals surface area contributed by atoms with Crippen LogP contribution in [0.1, 0.15) is 49.7 Å². The molecule has 2 aromatic rings. The van der Waals surface area contributed by atoms with Crippen LogP contribution in [-0.4, -0.2) is 28.3 Å². The molecule has 5 heteroatoms. The predicted octanol–water partition coefficient (Wildman–Crippen LogP) is 2.64. The molecule has 0 aliphatic heterocycles. The Bertz CT molecular complexity index is 711. The van der Waals surface area contributed by atoms with E-state index in [9.17, 15) is 4.79 Å². The van der Waals surface area contributed by atoms with E-state index in [0.29, 0.717) is 18.0 Å². The van der Waals surface area contributed by atoms with Gasteiger partial charge in [-0.3, -0.25) is 4.79 Å². The first-order chi connectivity index (χ1) is 11.4. The van der Waals surface area contributed by atoms with Gasteiger partial charge in [0.2, 0.25) is 0 Å². The van der Waals surface area contributed by atoms with Crippen LogP contribution >= 0.6 is 0 Å². The minimum Gasteiger partial charge on any atom is -0.350 e. The van der Waals surface area contributed by atoms with Crippen molar-refractivity contribution in [1.29, 1.82) is 0 Å². The minimum atomic E-state index is -0.217. The zero-order chi connectivity index (χ0) is 17.3. The quantitative estimate of drug-likeness (QED) is 0.887. The molecule has 1 heterocycles. The van der Waals surface area contributed by atoms with Gasteiger partial charge < -0.3 is 11.1 Å². The van der Waals surface area contributed by atoms with Crippen LogP contribution < -0.4 is 11.1 Å². The van der Waals surface area contributed by atoms with Crippen LogP contribution in [0, 0.1) is 5.92 Å². The van der Waals surface area contributed by atoms with Crippen LogP contribution in [0.25, 0.3) is 5.69 Å². The number of nitrogens with two attached hydrogens (primary N) is 1. The fourth-order valence-corrected chi connectivity index (χ4v) is 2.80. The van der Waals surface area contributed by atoms with Gasteiger partial charge in [-0.25, -0.2) is 4.68 Å². The Labute approximate surface area is 143 Å². The van der Waals surface area contributed by atoms with Gasteiger partial charge in [0, 0.05) is 24.2 Å². The largest absolute Gasteiger partial charge is 0.350 e. The van der Waals surface area contributed by atoms with Gasteiger partial charge >= 0.3 is 0 Å². The number of aromatic nitrogens is 2. The van der Waals surface area contributed by atoms with Crippen molar-refractivity contribution in [2.45, 2.75) is 45.1 Å². The van der Waals surface area contributed by atoms with Gasteiger partial charge in [-0.1, -0.05) is 39.0 Å². The van der Waals surface area contributed by atoms with E-state index >= 15 is 0 Å². The van der Waals surface area contributed by atoms with Crippen molar-refractivity contribution in [1.82, 2.24) is 15.1 Å². The molecule has 1 atom stereocenters. The lowest BCUT2D eigenvalue weighted by Gasteiger charge is -2.18. The molecule has 1 aromatic carbocycles. The smallest absolute Gasteiger partial charge is 0.254 e. The Hall–Kier alpha value is -2.14. The summed E-state index contributed by atoms with van der Waals surface area (Å²) < 4.78 is 1.77. The molecule has 0 spiro atoms. The molecule has 0 bridgehead atoms. The minimum absolute atomic E-state index is 0.0520. The molecule has 1 aliphatic rings. The molecule has 128 valence electrons. The molecule has 1 aromatic heterocycles. The monoisotopic (exact) mass is 326 g/mol. The van der Waals surface area contributed by atoms with E-state index in [-0.39, 0.29) is 17.4 Å². The van der Waals surface area contributed by atoms with Gasteiger partial charge in [0.1, 0.15) is 0 Å². The van der Waals surface area contributed by atoms with Crippen molar-refractivity contribution < 1.29 is 4.79 Å². The van der Waals surface area contributed by atoms with Gasteiger partial charge in [0.05, 0.1) is 16.9 Å². The fourth-order valence-electron chi connectivity index (χ4n) is 2.80. The number of amides is 1. The molecule has 3 N–H and O–H groups in total. The van der Waals surface area contributed by atoms with Crippen LogP contribution in [0.5, 0.6) is 0 Å². The number of nitrogens with one attached hydrogen (secondary N) is 1. The van der Waals surface area contributed by atoms with Crippen molar-refractivity contribution in [3.8, 4) is 5.69 Å². The Morgan fingerprint density at radius 3 is 2.58 bits per heavy atom. The zero-order valence-corrected chi connectivity index (χ0v) is 14.6. The zero-order valence-electron chi connectivity index (χ0n) is 14.6. The highest BCUT2D eigenvalue weighted by molar-refractivity contribution is 5.95. The lowest BCUT2D eigenvalue weighted by molar-refractivity contribution is 0.0948. The standard InChI is InChI=1S/C19H26N4O/c1-19(2,3)17-15(18(24)21-11-16(20)13-9-10-13)12-23(22-17)14-7-5-4-6-8-14/h4-8,12-13,16H,9-11,20H2,1-3H3,(H,21,24). The first-order valence-electron chi connectivity index (χ1n) is 8.55. The lowest BCUT2D eigenvalue weighted by Crippen LogP contribution is -2.39. The summed E-state index contributed by atoms with van der Waals surface area (Å²) in [4.78, 5) is 12.7. The molecule has 1 unspecified atom stereocenters. The summed E-state index contributed by atoms with van der Waals surface area (Å²) in [5.41, 5.74) is 8.23. The maximum absolute atomic E-state index is 12.7. The van der Waals surface area contributed by atoms with Gasteiger partial charge in [-0.15, -0.1) is 0 Å². The van der Waals surface area contributed by atoms with E-state index in [1.807, 2.05) is 36.5 Å². The third-order valence-electron chi connectivity index (χ3n) is 4.42. The van der Waals surface area contributed by atoms with E-state index in [0.717, 1.165) is 11.4 Å². The van der Waals surface area contributed by atoms with E-state index in [2.05, 4.69) is 31.2 Å². The topological polar surface area (TPSA) is 72.9 Å². The second-order valence-corrected chi connectivity index (χ2v) is 7.63. The molecule has 1 aliphatic carbocycles. The number of carbonyl (C=O) groups is 1. The maximum Gasteiger partial charge on any atom is 0.254 e. The molecule has 0 radical (unpaired) electrons. The van der Waals surface area contributed by atoms with Crippen molar-refractivity contribution in [2.75, 3.05) is 6.54 Å². The molecule has 0 saturated heterocycles. The normalized spacial score (nSPS) is 16.0. The molecule has 3 rings (SSSR count). The highest BCUT2D eigenvalue weighted by Gasteiger charge is 2.30. The molecule has 1 amide bonds. The number of para-hydroxylation sites is 1. The Balaban J connectivity index is 1.84. The number of rotatable bonds is 5. The average Bonchev–Trinajstić information content (AvgIpc) is 3.30.